The molecule has 8 nitrogen and oxygen atoms in total. The number of aryl methyl sites for hydroxylation is 1. The molecule has 1 amide bonds. The Bertz CT molecular complexity index is 1270. The van der Waals surface area contributed by atoms with E-state index in [1.54, 1.807) is 19.3 Å². The molecular weight excluding hydrogens is 414 g/mol. The highest BCUT2D eigenvalue weighted by Crippen LogP contribution is 2.27. The van der Waals surface area contributed by atoms with Crippen LogP contribution in [0.5, 0.6) is 0 Å². The molecule has 5 rings (SSSR count). The van der Waals surface area contributed by atoms with Gasteiger partial charge < -0.3 is 5.32 Å². The van der Waals surface area contributed by atoms with Crippen molar-refractivity contribution in [3.8, 4) is 11.1 Å². The Kier molecular flexibility index (Phi) is 5.83. The molecule has 168 valence electrons. The lowest BCUT2D eigenvalue weighted by Gasteiger charge is -2.30. The molecule has 4 aromatic rings. The minimum atomic E-state index is -0.308. The molecule has 0 spiro atoms. The molecule has 4 heterocycles. The number of likely N-dealkylation sites (tertiary alicyclic amines) is 1. The molecule has 8 heteroatoms. The van der Waals surface area contributed by atoms with Crippen molar-refractivity contribution in [1.29, 1.82) is 0 Å². The topological polar surface area (TPSA) is 99.7 Å². The average molecular weight is 442 g/mol. The van der Waals surface area contributed by atoms with E-state index in [4.69, 9.17) is 0 Å². The van der Waals surface area contributed by atoms with Gasteiger partial charge in [0.05, 0.1) is 23.6 Å². The number of pyridine rings is 1. The van der Waals surface area contributed by atoms with Gasteiger partial charge in [-0.05, 0) is 68.1 Å². The molecule has 0 saturated carbocycles. The molecule has 0 aliphatic carbocycles. The van der Waals surface area contributed by atoms with Crippen molar-refractivity contribution in [2.24, 2.45) is 5.92 Å². The summed E-state index contributed by atoms with van der Waals surface area (Å²) in [7, 11) is 0. The number of carbonyl (C=O) groups excluding carboxylic acids is 1. The first kappa shape index (κ1) is 21.2. The van der Waals surface area contributed by atoms with Gasteiger partial charge in [0.15, 0.2) is 5.69 Å². The standard InChI is InChI=1S/C25H27N7O/c1-16-5-7-32(8-6-16)15-18-9-20(12-26-11-18)19-3-4-23-22(10-19)24(31-30-23)25(33)29-21-13-27-17(2)28-14-21/h3-4,9-14,16H,5-8,15H2,1-2H3,(H,29,33)(H,30,31). The third-order valence-electron chi connectivity index (χ3n) is 6.23. The fourth-order valence-electron chi connectivity index (χ4n) is 4.22. The second-order valence-corrected chi connectivity index (χ2v) is 8.85. The molecular formula is C25H27N7O. The first-order chi connectivity index (χ1) is 16.0. The summed E-state index contributed by atoms with van der Waals surface area (Å²) in [6.45, 7) is 7.31. The van der Waals surface area contributed by atoms with Crippen molar-refractivity contribution >= 4 is 22.5 Å². The number of benzene rings is 1. The van der Waals surface area contributed by atoms with E-state index in [2.05, 4.69) is 48.4 Å². The zero-order chi connectivity index (χ0) is 22.8. The molecule has 33 heavy (non-hydrogen) atoms. The Morgan fingerprint density at radius 3 is 2.67 bits per heavy atom. The molecule has 1 fully saturated rings. The Hall–Kier alpha value is -3.65. The number of aromatic nitrogens is 5. The summed E-state index contributed by atoms with van der Waals surface area (Å²) in [6.07, 6.45) is 9.49. The Labute approximate surface area is 192 Å². The maximum absolute atomic E-state index is 12.9. The second kappa shape index (κ2) is 9.07. The van der Waals surface area contributed by atoms with Gasteiger partial charge in [-0.15, -0.1) is 0 Å². The van der Waals surface area contributed by atoms with Gasteiger partial charge in [0.1, 0.15) is 5.82 Å². The monoisotopic (exact) mass is 441 g/mol. The minimum Gasteiger partial charge on any atom is -0.318 e. The van der Waals surface area contributed by atoms with Crippen molar-refractivity contribution < 1.29 is 4.79 Å². The Balaban J connectivity index is 1.38. The fraction of sp³-hybridized carbons (Fsp3) is 0.320. The third-order valence-corrected chi connectivity index (χ3v) is 6.23. The molecule has 2 N–H and O–H groups in total. The Morgan fingerprint density at radius 1 is 1.09 bits per heavy atom. The van der Waals surface area contributed by atoms with Crippen LogP contribution in [0.3, 0.4) is 0 Å². The number of rotatable bonds is 5. The van der Waals surface area contributed by atoms with Crippen LogP contribution in [0.2, 0.25) is 0 Å². The number of fused-ring (bicyclic) bond motifs is 1. The van der Waals surface area contributed by atoms with Gasteiger partial charge in [0, 0.05) is 29.9 Å². The summed E-state index contributed by atoms with van der Waals surface area (Å²) in [4.78, 5) is 28.1. The molecule has 1 saturated heterocycles. The van der Waals surface area contributed by atoms with Gasteiger partial charge in [-0.1, -0.05) is 13.0 Å². The summed E-state index contributed by atoms with van der Waals surface area (Å²) >= 11 is 0. The zero-order valence-electron chi connectivity index (χ0n) is 18.9. The van der Waals surface area contributed by atoms with Gasteiger partial charge in [0.2, 0.25) is 0 Å². The zero-order valence-corrected chi connectivity index (χ0v) is 18.9. The molecule has 0 radical (unpaired) electrons. The summed E-state index contributed by atoms with van der Waals surface area (Å²) < 4.78 is 0. The number of aromatic amines is 1. The minimum absolute atomic E-state index is 0.308. The molecule has 0 unspecified atom stereocenters. The number of hydrogen-bond donors (Lipinski definition) is 2. The van der Waals surface area contributed by atoms with Crippen molar-refractivity contribution in [1.82, 2.24) is 30.0 Å². The fourth-order valence-corrected chi connectivity index (χ4v) is 4.22. The van der Waals surface area contributed by atoms with Crippen LogP contribution in [0.15, 0.2) is 49.1 Å². The molecule has 1 aromatic carbocycles. The van der Waals surface area contributed by atoms with Gasteiger partial charge >= 0.3 is 0 Å². The van der Waals surface area contributed by atoms with E-state index < -0.39 is 0 Å². The lowest BCUT2D eigenvalue weighted by Crippen LogP contribution is -2.32. The summed E-state index contributed by atoms with van der Waals surface area (Å²) in [5.41, 5.74) is 4.89. The predicted octanol–water partition coefficient (Wildman–Crippen LogP) is 4.21. The first-order valence-electron chi connectivity index (χ1n) is 11.3. The maximum atomic E-state index is 12.9. The SMILES string of the molecule is Cc1ncc(NC(=O)c2n[nH]c3ccc(-c4cncc(CN5CCC(C)CC5)c4)cc23)cn1. The van der Waals surface area contributed by atoms with E-state index in [9.17, 15) is 4.79 Å². The summed E-state index contributed by atoms with van der Waals surface area (Å²) in [5, 5.41) is 10.8. The van der Waals surface area contributed by atoms with Gasteiger partial charge in [-0.2, -0.15) is 5.10 Å². The normalized spacial score (nSPS) is 15.1. The quantitative estimate of drug-likeness (QED) is 0.481. The number of piperidine rings is 1. The first-order valence-corrected chi connectivity index (χ1v) is 11.3. The number of H-pyrrole nitrogens is 1. The predicted molar refractivity (Wildman–Crippen MR) is 128 cm³/mol. The van der Waals surface area contributed by atoms with Crippen LogP contribution in [0.4, 0.5) is 5.69 Å². The van der Waals surface area contributed by atoms with E-state index in [0.717, 1.165) is 47.6 Å². The van der Waals surface area contributed by atoms with E-state index in [0.29, 0.717) is 17.2 Å². The van der Waals surface area contributed by atoms with E-state index in [1.165, 1.54) is 18.4 Å². The smallest absolute Gasteiger partial charge is 0.276 e. The van der Waals surface area contributed by atoms with Crippen LogP contribution < -0.4 is 5.32 Å². The number of hydrogen-bond acceptors (Lipinski definition) is 6. The highest BCUT2D eigenvalue weighted by Gasteiger charge is 2.17. The highest BCUT2D eigenvalue weighted by molar-refractivity contribution is 6.11. The van der Waals surface area contributed by atoms with Crippen molar-refractivity contribution in [3.05, 3.63) is 66.1 Å². The average Bonchev–Trinajstić information content (AvgIpc) is 3.26. The van der Waals surface area contributed by atoms with E-state index in [1.807, 2.05) is 30.6 Å². The molecule has 0 atom stereocenters. The second-order valence-electron chi connectivity index (χ2n) is 8.85. The number of carbonyl (C=O) groups is 1. The number of anilines is 1. The van der Waals surface area contributed by atoms with Crippen LogP contribution in [-0.4, -0.2) is 49.0 Å². The molecule has 0 bridgehead atoms. The third kappa shape index (κ3) is 4.75. The number of nitrogens with one attached hydrogen (secondary N) is 2. The van der Waals surface area contributed by atoms with Gasteiger partial charge in [-0.3, -0.25) is 19.8 Å². The lowest BCUT2D eigenvalue weighted by atomic mass is 9.98. The largest absolute Gasteiger partial charge is 0.318 e. The van der Waals surface area contributed by atoms with Crippen LogP contribution in [0, 0.1) is 12.8 Å². The maximum Gasteiger partial charge on any atom is 0.276 e. The highest BCUT2D eigenvalue weighted by atomic mass is 16.1. The lowest BCUT2D eigenvalue weighted by molar-refractivity contribution is 0.102. The number of nitrogens with zero attached hydrogens (tertiary/aromatic N) is 5. The number of amides is 1. The summed E-state index contributed by atoms with van der Waals surface area (Å²) in [5.74, 6) is 1.16. The van der Waals surface area contributed by atoms with Crippen molar-refractivity contribution in [3.63, 3.8) is 0 Å². The Morgan fingerprint density at radius 2 is 1.88 bits per heavy atom. The molecule has 3 aromatic heterocycles. The van der Waals surface area contributed by atoms with Crippen molar-refractivity contribution in [2.75, 3.05) is 18.4 Å². The van der Waals surface area contributed by atoms with Crippen LogP contribution in [0.25, 0.3) is 22.0 Å². The van der Waals surface area contributed by atoms with Gasteiger partial charge in [0.25, 0.3) is 5.91 Å². The van der Waals surface area contributed by atoms with Gasteiger partial charge in [-0.25, -0.2) is 9.97 Å². The molecule has 1 aliphatic rings. The van der Waals surface area contributed by atoms with Crippen LogP contribution >= 0.6 is 0 Å². The molecule has 1 aliphatic heterocycles. The van der Waals surface area contributed by atoms with Crippen molar-refractivity contribution in [2.45, 2.75) is 33.2 Å². The summed E-state index contributed by atoms with van der Waals surface area (Å²) in [6, 6.07) is 8.15. The van der Waals surface area contributed by atoms with E-state index in [-0.39, 0.29) is 5.91 Å². The van der Waals surface area contributed by atoms with Crippen LogP contribution in [-0.2, 0) is 6.54 Å². The van der Waals surface area contributed by atoms with Crippen LogP contribution in [0.1, 0.15) is 41.6 Å². The van der Waals surface area contributed by atoms with E-state index >= 15 is 0 Å².